The van der Waals surface area contributed by atoms with Gasteiger partial charge in [-0.05, 0) is 34.1 Å². The fourth-order valence-electron chi connectivity index (χ4n) is 0.677. The summed E-state index contributed by atoms with van der Waals surface area (Å²) in [5.74, 6) is -0.940. The van der Waals surface area contributed by atoms with Gasteiger partial charge in [-0.2, -0.15) is 0 Å². The van der Waals surface area contributed by atoms with Crippen molar-refractivity contribution in [2.45, 2.75) is 4.90 Å². The van der Waals surface area contributed by atoms with Crippen molar-refractivity contribution in [1.82, 2.24) is 0 Å². The van der Waals surface area contributed by atoms with E-state index in [0.717, 1.165) is 4.90 Å². The smallest absolute Gasteiger partial charge is 0.336 e. The van der Waals surface area contributed by atoms with Crippen molar-refractivity contribution < 1.29 is 9.90 Å². The molecule has 0 bridgehead atoms. The molecule has 0 spiro atoms. The fraction of sp³-hybridized carbons (Fsp3) is 0. The van der Waals surface area contributed by atoms with Crippen LogP contribution in [-0.4, -0.2) is 11.1 Å². The molecule has 0 aliphatic rings. The Kier molecular flexibility index (Phi) is 2.57. The maximum absolute atomic E-state index is 10.5. The molecule has 1 N–H and O–H groups in total. The summed E-state index contributed by atoms with van der Waals surface area (Å²) in [6.45, 7) is 0. The number of carboxylic acid groups (broad SMARTS) is 1. The summed E-state index contributed by atoms with van der Waals surface area (Å²) in [5.41, 5.74) is 0.253. The third kappa shape index (κ3) is 1.97. The van der Waals surface area contributed by atoms with Gasteiger partial charge in [0.25, 0.3) is 0 Å². The normalized spacial score (nSPS) is 9.64. The van der Waals surface area contributed by atoms with Crippen LogP contribution in [0.1, 0.15) is 10.4 Å². The van der Waals surface area contributed by atoms with Gasteiger partial charge in [-0.1, -0.05) is 0 Å². The van der Waals surface area contributed by atoms with Gasteiger partial charge in [-0.25, -0.2) is 4.79 Å². The van der Waals surface area contributed by atoms with E-state index in [0.29, 0.717) is 4.47 Å². The summed E-state index contributed by atoms with van der Waals surface area (Å²) in [6.07, 6.45) is 0. The molecule has 0 aliphatic carbocycles. The van der Waals surface area contributed by atoms with Gasteiger partial charge in [0.15, 0.2) is 0 Å². The zero-order chi connectivity index (χ0) is 8.43. The van der Waals surface area contributed by atoms with Crippen molar-refractivity contribution >= 4 is 34.5 Å². The third-order valence-electron chi connectivity index (χ3n) is 1.18. The van der Waals surface area contributed by atoms with Crippen molar-refractivity contribution in [2.24, 2.45) is 0 Å². The summed E-state index contributed by atoms with van der Waals surface area (Å²) in [7, 11) is 0. The van der Waals surface area contributed by atoms with Crippen LogP contribution in [0, 0.1) is 0 Å². The lowest BCUT2D eigenvalue weighted by atomic mass is 10.2. The Morgan fingerprint density at radius 3 is 2.64 bits per heavy atom. The number of rotatable bonds is 1. The van der Waals surface area contributed by atoms with Crippen LogP contribution in [-0.2, 0) is 0 Å². The molecule has 0 amide bonds. The molecule has 0 unspecified atom stereocenters. The lowest BCUT2D eigenvalue weighted by molar-refractivity contribution is 0.0696. The first-order chi connectivity index (χ1) is 5.11. The monoisotopic (exact) mass is 232 g/mol. The van der Waals surface area contributed by atoms with E-state index in [1.807, 2.05) is 0 Å². The summed E-state index contributed by atoms with van der Waals surface area (Å²) in [4.78, 5) is 11.2. The van der Waals surface area contributed by atoms with Gasteiger partial charge in [0.2, 0.25) is 0 Å². The Balaban J connectivity index is 3.20. The van der Waals surface area contributed by atoms with Crippen LogP contribution in [0.2, 0.25) is 0 Å². The highest BCUT2D eigenvalue weighted by molar-refractivity contribution is 9.10. The maximum atomic E-state index is 10.5. The molecular formula is C7H5BrO2S. The van der Waals surface area contributed by atoms with Crippen LogP contribution in [0.25, 0.3) is 0 Å². The molecule has 0 heterocycles. The molecule has 0 atom stereocenters. The van der Waals surface area contributed by atoms with Gasteiger partial charge in [-0.3, -0.25) is 0 Å². The predicted molar refractivity (Wildman–Crippen MR) is 48.4 cm³/mol. The molecule has 4 heteroatoms. The molecule has 2 nitrogen and oxygen atoms in total. The average Bonchev–Trinajstić information content (AvgIpc) is 1.85. The van der Waals surface area contributed by atoms with Gasteiger partial charge >= 0.3 is 5.97 Å². The second-order valence-electron chi connectivity index (χ2n) is 1.97. The minimum Gasteiger partial charge on any atom is -0.478 e. The summed E-state index contributed by atoms with van der Waals surface area (Å²) < 4.78 is 0.553. The molecule has 0 aliphatic heterocycles. The van der Waals surface area contributed by atoms with Gasteiger partial charge in [0.05, 0.1) is 5.56 Å². The number of aromatic carboxylic acids is 1. The largest absolute Gasteiger partial charge is 0.478 e. The van der Waals surface area contributed by atoms with Crippen LogP contribution >= 0.6 is 28.6 Å². The summed E-state index contributed by atoms with van der Waals surface area (Å²) in [5, 5.41) is 8.60. The average molecular weight is 233 g/mol. The number of carbonyl (C=O) groups is 1. The molecule has 0 aromatic heterocycles. The third-order valence-corrected chi connectivity index (χ3v) is 2.12. The topological polar surface area (TPSA) is 37.3 Å². The number of halogens is 1. The maximum Gasteiger partial charge on any atom is 0.336 e. The molecule has 0 fully saturated rings. The van der Waals surface area contributed by atoms with Crippen LogP contribution < -0.4 is 0 Å². The van der Waals surface area contributed by atoms with Crippen molar-refractivity contribution in [3.8, 4) is 0 Å². The number of benzene rings is 1. The minimum atomic E-state index is -0.940. The molecule has 1 aromatic rings. The molecule has 0 saturated heterocycles. The van der Waals surface area contributed by atoms with E-state index in [-0.39, 0.29) is 5.56 Å². The van der Waals surface area contributed by atoms with Gasteiger partial charge < -0.3 is 5.11 Å². The van der Waals surface area contributed by atoms with Crippen molar-refractivity contribution in [2.75, 3.05) is 0 Å². The summed E-state index contributed by atoms with van der Waals surface area (Å²) in [6, 6.07) is 4.79. The highest BCUT2D eigenvalue weighted by Crippen LogP contribution is 2.20. The Bertz CT molecular complexity index is 298. The number of thiol groups is 1. The number of carboxylic acids is 1. The Hall–Kier alpha value is -0.480. The quantitative estimate of drug-likeness (QED) is 0.731. The van der Waals surface area contributed by atoms with E-state index >= 15 is 0 Å². The summed E-state index contributed by atoms with van der Waals surface area (Å²) >= 11 is 7.16. The van der Waals surface area contributed by atoms with E-state index in [9.17, 15) is 4.79 Å². The fourth-order valence-corrected chi connectivity index (χ4v) is 1.61. The first-order valence-electron chi connectivity index (χ1n) is 2.83. The molecule has 0 radical (unpaired) electrons. The standard InChI is InChI=1S/C7H5BrO2S/c8-6-3-4(11)1-2-5(6)7(9)10/h1-3,11H,(H,9,10). The van der Waals surface area contributed by atoms with E-state index in [1.54, 1.807) is 12.1 Å². The van der Waals surface area contributed by atoms with Gasteiger partial charge in [-0.15, -0.1) is 12.6 Å². The molecule has 1 aromatic carbocycles. The highest BCUT2D eigenvalue weighted by Gasteiger charge is 2.06. The zero-order valence-corrected chi connectivity index (χ0v) is 7.89. The van der Waals surface area contributed by atoms with Crippen LogP contribution in [0.5, 0.6) is 0 Å². The highest BCUT2D eigenvalue weighted by atomic mass is 79.9. The van der Waals surface area contributed by atoms with Crippen LogP contribution in [0.15, 0.2) is 27.6 Å². The molecule has 0 saturated carbocycles. The second-order valence-corrected chi connectivity index (χ2v) is 3.34. The van der Waals surface area contributed by atoms with Gasteiger partial charge in [0.1, 0.15) is 0 Å². The van der Waals surface area contributed by atoms with Crippen molar-refractivity contribution in [3.63, 3.8) is 0 Å². The second kappa shape index (κ2) is 3.28. The Morgan fingerprint density at radius 2 is 2.18 bits per heavy atom. The number of hydrogen-bond donors (Lipinski definition) is 2. The Labute approximate surface area is 77.8 Å². The molecule has 11 heavy (non-hydrogen) atoms. The lowest BCUT2D eigenvalue weighted by Gasteiger charge is -1.98. The van der Waals surface area contributed by atoms with Gasteiger partial charge in [0, 0.05) is 9.37 Å². The van der Waals surface area contributed by atoms with Crippen molar-refractivity contribution in [1.29, 1.82) is 0 Å². The SMILES string of the molecule is O=C(O)c1ccc(S)cc1Br. The lowest BCUT2D eigenvalue weighted by Crippen LogP contribution is -1.96. The first kappa shape index (κ1) is 8.62. The molecule has 1 rings (SSSR count). The predicted octanol–water partition coefficient (Wildman–Crippen LogP) is 2.44. The van der Waals surface area contributed by atoms with E-state index in [4.69, 9.17) is 5.11 Å². The molecule has 58 valence electrons. The first-order valence-corrected chi connectivity index (χ1v) is 4.07. The van der Waals surface area contributed by atoms with E-state index < -0.39 is 5.97 Å². The van der Waals surface area contributed by atoms with E-state index in [2.05, 4.69) is 28.6 Å². The number of hydrogen-bond acceptors (Lipinski definition) is 2. The van der Waals surface area contributed by atoms with E-state index in [1.165, 1.54) is 6.07 Å². The minimum absolute atomic E-state index is 0.253. The van der Waals surface area contributed by atoms with Crippen LogP contribution in [0.3, 0.4) is 0 Å². The van der Waals surface area contributed by atoms with Crippen LogP contribution in [0.4, 0.5) is 0 Å². The van der Waals surface area contributed by atoms with Crippen molar-refractivity contribution in [3.05, 3.63) is 28.2 Å². The molecular weight excluding hydrogens is 228 g/mol. The zero-order valence-electron chi connectivity index (χ0n) is 5.41. The Morgan fingerprint density at radius 1 is 1.55 bits per heavy atom.